The third-order valence-corrected chi connectivity index (χ3v) is 2.18. The number of hydrogen-bond donors (Lipinski definition) is 1. The fourth-order valence-corrected chi connectivity index (χ4v) is 1.11. The molecule has 0 aliphatic carbocycles. The van der Waals surface area contributed by atoms with E-state index in [1.54, 1.807) is 0 Å². The summed E-state index contributed by atoms with van der Waals surface area (Å²) in [6.07, 6.45) is 0.792. The Morgan fingerprint density at radius 3 is 2.73 bits per heavy atom. The summed E-state index contributed by atoms with van der Waals surface area (Å²) in [5, 5.41) is 9.39. The molecule has 0 bridgehead atoms. The Bertz CT molecular complexity index is 316. The molecule has 1 aromatic rings. The second-order valence-corrected chi connectivity index (χ2v) is 2.86. The Kier molecular flexibility index (Phi) is 2.29. The van der Waals surface area contributed by atoms with E-state index in [1.807, 2.05) is 26.0 Å². The number of aromatic nitrogens is 1. The monoisotopic (exact) mass is 169 g/mol. The minimum Gasteiger partial charge on any atom is -0.427 e. The summed E-state index contributed by atoms with van der Waals surface area (Å²) in [6, 6.07) is 3.80. The van der Waals surface area contributed by atoms with E-state index in [-0.39, 0.29) is 0 Å². The van der Waals surface area contributed by atoms with Crippen molar-refractivity contribution in [3.8, 4) is 0 Å². The first-order valence-electron chi connectivity index (χ1n) is 3.57. The highest BCUT2D eigenvalue weighted by atomic mass is 32.1. The van der Waals surface area contributed by atoms with Crippen molar-refractivity contribution in [3.05, 3.63) is 28.0 Å². The maximum absolute atomic E-state index is 9.39. The van der Waals surface area contributed by atoms with E-state index in [9.17, 15) is 5.21 Å². The Morgan fingerprint density at radius 2 is 2.18 bits per heavy atom. The normalized spacial score (nSPS) is 10.0. The zero-order chi connectivity index (χ0) is 8.43. The van der Waals surface area contributed by atoms with Crippen LogP contribution in [0.25, 0.3) is 0 Å². The molecule has 2 nitrogen and oxygen atoms in total. The standard InChI is InChI=1S/C8H11NOS/c1-3-7-5-4-6(2)8(11)9(7)10/h4-5,10H,3H2,1-2H3. The molecule has 0 spiro atoms. The van der Waals surface area contributed by atoms with Gasteiger partial charge in [-0.25, -0.2) is 0 Å². The molecule has 0 aromatic carbocycles. The van der Waals surface area contributed by atoms with Crippen molar-refractivity contribution in [2.24, 2.45) is 0 Å². The molecule has 1 heterocycles. The second-order valence-electron chi connectivity index (χ2n) is 2.48. The SMILES string of the molecule is CCc1ccc(C)c(=S)n1O. The molecule has 0 unspecified atom stereocenters. The lowest BCUT2D eigenvalue weighted by atomic mass is 10.2. The average Bonchev–Trinajstić information content (AvgIpc) is 2.01. The molecule has 0 saturated heterocycles. The Balaban J connectivity index is 3.37. The molecule has 0 aliphatic rings. The minimum absolute atomic E-state index is 0.504. The number of pyridine rings is 1. The summed E-state index contributed by atoms with van der Waals surface area (Å²) in [4.78, 5) is 0. The van der Waals surface area contributed by atoms with Crippen LogP contribution in [0.1, 0.15) is 18.2 Å². The molecule has 1 aromatic heterocycles. The van der Waals surface area contributed by atoms with Gasteiger partial charge in [0.25, 0.3) is 0 Å². The van der Waals surface area contributed by atoms with E-state index in [0.29, 0.717) is 4.64 Å². The minimum atomic E-state index is 0.504. The number of hydrogen-bond acceptors (Lipinski definition) is 2. The molecule has 11 heavy (non-hydrogen) atoms. The number of rotatable bonds is 1. The van der Waals surface area contributed by atoms with Crippen LogP contribution >= 0.6 is 12.2 Å². The molecule has 0 aliphatic heterocycles. The number of aryl methyl sites for hydroxylation is 2. The highest BCUT2D eigenvalue weighted by Crippen LogP contribution is 2.05. The van der Waals surface area contributed by atoms with E-state index in [1.165, 1.54) is 0 Å². The zero-order valence-corrected chi connectivity index (χ0v) is 7.48. The lowest BCUT2D eigenvalue weighted by Crippen LogP contribution is -2.03. The zero-order valence-electron chi connectivity index (χ0n) is 6.66. The highest BCUT2D eigenvalue weighted by molar-refractivity contribution is 7.71. The van der Waals surface area contributed by atoms with Gasteiger partial charge < -0.3 is 5.21 Å². The van der Waals surface area contributed by atoms with Crippen molar-refractivity contribution >= 4 is 12.2 Å². The predicted octanol–water partition coefficient (Wildman–Crippen LogP) is 2.33. The van der Waals surface area contributed by atoms with Crippen molar-refractivity contribution in [2.75, 3.05) is 0 Å². The molecule has 1 rings (SSSR count). The molecule has 0 radical (unpaired) electrons. The quantitative estimate of drug-likeness (QED) is 0.515. The van der Waals surface area contributed by atoms with E-state index in [2.05, 4.69) is 0 Å². The molecule has 0 fully saturated rings. The van der Waals surface area contributed by atoms with Gasteiger partial charge in [-0.2, -0.15) is 4.73 Å². The van der Waals surface area contributed by atoms with Gasteiger partial charge in [0.15, 0.2) is 0 Å². The lowest BCUT2D eigenvalue weighted by molar-refractivity contribution is 0.170. The van der Waals surface area contributed by atoms with Crippen LogP contribution in [-0.2, 0) is 6.42 Å². The first-order chi connectivity index (χ1) is 5.16. The van der Waals surface area contributed by atoms with Gasteiger partial charge in [0.2, 0.25) is 0 Å². The van der Waals surface area contributed by atoms with Gasteiger partial charge in [0.1, 0.15) is 4.64 Å². The fraction of sp³-hybridized carbons (Fsp3) is 0.375. The third kappa shape index (κ3) is 1.43. The van der Waals surface area contributed by atoms with Crippen LogP contribution in [0.5, 0.6) is 0 Å². The van der Waals surface area contributed by atoms with E-state index < -0.39 is 0 Å². The van der Waals surface area contributed by atoms with Gasteiger partial charge in [-0.1, -0.05) is 25.2 Å². The van der Waals surface area contributed by atoms with Crippen LogP contribution < -0.4 is 0 Å². The molecule has 0 atom stereocenters. The van der Waals surface area contributed by atoms with Crippen molar-refractivity contribution < 1.29 is 5.21 Å². The summed E-state index contributed by atoms with van der Waals surface area (Å²) >= 11 is 4.96. The lowest BCUT2D eigenvalue weighted by Gasteiger charge is -2.05. The molecule has 0 saturated carbocycles. The van der Waals surface area contributed by atoms with E-state index in [4.69, 9.17) is 12.2 Å². The fourth-order valence-electron chi connectivity index (χ4n) is 0.928. The molecular formula is C8H11NOS. The van der Waals surface area contributed by atoms with Crippen LogP contribution in [0.4, 0.5) is 0 Å². The maximum Gasteiger partial charge on any atom is 0.145 e. The van der Waals surface area contributed by atoms with Gasteiger partial charge in [-0.15, -0.1) is 0 Å². The van der Waals surface area contributed by atoms with Gasteiger partial charge in [0.05, 0.1) is 5.69 Å². The summed E-state index contributed by atoms with van der Waals surface area (Å²) in [5.74, 6) is 0. The molecular weight excluding hydrogens is 158 g/mol. The largest absolute Gasteiger partial charge is 0.427 e. The van der Waals surface area contributed by atoms with Crippen LogP contribution in [-0.4, -0.2) is 9.94 Å². The second kappa shape index (κ2) is 3.05. The molecule has 0 amide bonds. The van der Waals surface area contributed by atoms with Gasteiger partial charge >= 0.3 is 0 Å². The Morgan fingerprint density at radius 1 is 1.55 bits per heavy atom. The topological polar surface area (TPSA) is 25.2 Å². The molecule has 60 valence electrons. The van der Waals surface area contributed by atoms with E-state index in [0.717, 1.165) is 22.4 Å². The van der Waals surface area contributed by atoms with Crippen molar-refractivity contribution in [1.29, 1.82) is 0 Å². The van der Waals surface area contributed by atoms with Crippen LogP contribution in [0.3, 0.4) is 0 Å². The van der Waals surface area contributed by atoms with E-state index >= 15 is 0 Å². The first kappa shape index (κ1) is 8.27. The predicted molar refractivity (Wildman–Crippen MR) is 46.6 cm³/mol. The van der Waals surface area contributed by atoms with Crippen LogP contribution in [0, 0.1) is 11.6 Å². The van der Waals surface area contributed by atoms with Crippen LogP contribution in [0.2, 0.25) is 0 Å². The smallest absolute Gasteiger partial charge is 0.145 e. The summed E-state index contributed by atoms with van der Waals surface area (Å²) in [6.45, 7) is 3.86. The van der Waals surface area contributed by atoms with Crippen molar-refractivity contribution in [2.45, 2.75) is 20.3 Å². The summed E-state index contributed by atoms with van der Waals surface area (Å²) in [7, 11) is 0. The molecule has 1 N–H and O–H groups in total. The van der Waals surface area contributed by atoms with Crippen molar-refractivity contribution in [1.82, 2.24) is 4.73 Å². The van der Waals surface area contributed by atoms with Gasteiger partial charge in [-0.05, 0) is 25.0 Å². The summed E-state index contributed by atoms with van der Waals surface area (Å²) in [5.41, 5.74) is 1.78. The van der Waals surface area contributed by atoms with Crippen LogP contribution in [0.15, 0.2) is 12.1 Å². The maximum atomic E-state index is 9.39. The highest BCUT2D eigenvalue weighted by Gasteiger charge is 1.98. The Labute approximate surface area is 71.1 Å². The van der Waals surface area contributed by atoms with Gasteiger partial charge in [-0.3, -0.25) is 0 Å². The summed E-state index contributed by atoms with van der Waals surface area (Å²) < 4.78 is 1.58. The molecule has 3 heteroatoms. The van der Waals surface area contributed by atoms with Crippen molar-refractivity contribution in [3.63, 3.8) is 0 Å². The number of nitrogens with zero attached hydrogens (tertiary/aromatic N) is 1. The first-order valence-corrected chi connectivity index (χ1v) is 3.98. The third-order valence-electron chi connectivity index (χ3n) is 1.69. The average molecular weight is 169 g/mol. The van der Waals surface area contributed by atoms with Gasteiger partial charge in [0, 0.05) is 0 Å². The Hall–Kier alpha value is -0.830.